The minimum atomic E-state index is -4.40. The number of hydrogen-bond donors (Lipinski definition) is 1. The van der Waals surface area contributed by atoms with Gasteiger partial charge in [-0.3, -0.25) is 4.79 Å². The summed E-state index contributed by atoms with van der Waals surface area (Å²) in [7, 11) is 0. The summed E-state index contributed by atoms with van der Waals surface area (Å²) in [6.45, 7) is 2.92. The molecule has 1 aromatic heterocycles. The maximum absolute atomic E-state index is 12.9. The number of rotatable bonds is 2. The lowest BCUT2D eigenvalue weighted by Crippen LogP contribution is -2.43. The molecule has 128 valence electrons. The molecular formula is C17H17F3N2O2. The number of carboxylic acid groups (broad SMARTS) is 1. The molecule has 2 heterocycles. The Balaban J connectivity index is 2.02. The number of aromatic nitrogens is 1. The van der Waals surface area contributed by atoms with Crippen LogP contribution in [0.4, 0.5) is 19.0 Å². The Morgan fingerprint density at radius 2 is 2.04 bits per heavy atom. The summed E-state index contributed by atoms with van der Waals surface area (Å²) >= 11 is 0. The number of benzene rings is 1. The zero-order chi connectivity index (χ0) is 17.5. The van der Waals surface area contributed by atoms with Crippen molar-refractivity contribution in [2.24, 2.45) is 11.8 Å². The van der Waals surface area contributed by atoms with Gasteiger partial charge in [-0.2, -0.15) is 13.2 Å². The normalized spacial score (nSPS) is 21.9. The van der Waals surface area contributed by atoms with E-state index in [1.807, 2.05) is 11.8 Å². The lowest BCUT2D eigenvalue weighted by atomic mass is 9.90. The van der Waals surface area contributed by atoms with Crippen LogP contribution in [0.1, 0.15) is 18.9 Å². The zero-order valence-corrected chi connectivity index (χ0v) is 13.0. The van der Waals surface area contributed by atoms with E-state index in [0.29, 0.717) is 36.1 Å². The van der Waals surface area contributed by atoms with Crippen molar-refractivity contribution in [3.8, 4) is 0 Å². The number of alkyl halides is 3. The van der Waals surface area contributed by atoms with E-state index in [-0.39, 0.29) is 5.92 Å². The summed E-state index contributed by atoms with van der Waals surface area (Å²) in [5, 5.41) is 10.3. The van der Waals surface area contributed by atoms with Crippen molar-refractivity contribution in [2.75, 3.05) is 18.0 Å². The van der Waals surface area contributed by atoms with E-state index in [1.165, 1.54) is 18.3 Å². The standard InChI is InChI=1S/C17H17F3N2O2/c1-10-6-12(16(23)24)9-22(8-10)15-14-3-2-13(17(18,19)20)7-11(14)4-5-21-15/h2-5,7,10,12H,6,8-9H2,1H3,(H,23,24). The molecule has 0 amide bonds. The molecule has 4 nitrogen and oxygen atoms in total. The predicted molar refractivity (Wildman–Crippen MR) is 83.9 cm³/mol. The second-order valence-corrected chi connectivity index (χ2v) is 6.35. The molecule has 1 saturated heterocycles. The van der Waals surface area contributed by atoms with Gasteiger partial charge in [-0.15, -0.1) is 0 Å². The second kappa shape index (κ2) is 5.96. The summed E-state index contributed by atoms with van der Waals surface area (Å²) in [6.07, 6.45) is -2.34. The number of halogens is 3. The van der Waals surface area contributed by atoms with Crippen LogP contribution >= 0.6 is 0 Å². The molecule has 1 N–H and O–H groups in total. The summed E-state index contributed by atoms with van der Waals surface area (Å²) in [5.41, 5.74) is -0.706. The van der Waals surface area contributed by atoms with E-state index >= 15 is 0 Å². The van der Waals surface area contributed by atoms with Crippen LogP contribution in [0.2, 0.25) is 0 Å². The highest BCUT2D eigenvalue weighted by molar-refractivity contribution is 5.93. The van der Waals surface area contributed by atoms with Gasteiger partial charge in [0.05, 0.1) is 11.5 Å². The first-order valence-corrected chi connectivity index (χ1v) is 7.69. The van der Waals surface area contributed by atoms with Crippen molar-refractivity contribution in [1.82, 2.24) is 4.98 Å². The Bertz CT molecular complexity index is 776. The number of fused-ring (bicyclic) bond motifs is 1. The minimum Gasteiger partial charge on any atom is -0.481 e. The highest BCUT2D eigenvalue weighted by atomic mass is 19.4. The molecule has 0 saturated carbocycles. The van der Waals surface area contributed by atoms with Crippen LogP contribution in [0.15, 0.2) is 30.5 Å². The van der Waals surface area contributed by atoms with E-state index in [2.05, 4.69) is 4.98 Å². The fraction of sp³-hybridized carbons (Fsp3) is 0.412. The van der Waals surface area contributed by atoms with E-state index in [9.17, 15) is 23.1 Å². The number of hydrogen-bond acceptors (Lipinski definition) is 3. The Morgan fingerprint density at radius 1 is 1.29 bits per heavy atom. The molecule has 0 bridgehead atoms. The summed E-state index contributed by atoms with van der Waals surface area (Å²) in [4.78, 5) is 17.5. The topological polar surface area (TPSA) is 53.4 Å². The van der Waals surface area contributed by atoms with Gasteiger partial charge in [0.2, 0.25) is 0 Å². The largest absolute Gasteiger partial charge is 0.481 e. The monoisotopic (exact) mass is 338 g/mol. The fourth-order valence-corrected chi connectivity index (χ4v) is 3.29. The van der Waals surface area contributed by atoms with Gasteiger partial charge < -0.3 is 10.0 Å². The zero-order valence-electron chi connectivity index (χ0n) is 13.0. The van der Waals surface area contributed by atoms with Crippen LogP contribution < -0.4 is 4.90 Å². The molecule has 2 aromatic rings. The number of nitrogens with zero attached hydrogens (tertiary/aromatic N) is 2. The van der Waals surface area contributed by atoms with Gasteiger partial charge in [-0.05, 0) is 35.9 Å². The molecule has 2 atom stereocenters. The van der Waals surface area contributed by atoms with E-state index in [4.69, 9.17) is 0 Å². The lowest BCUT2D eigenvalue weighted by molar-refractivity contribution is -0.142. The van der Waals surface area contributed by atoms with Gasteiger partial charge >= 0.3 is 12.1 Å². The molecule has 7 heteroatoms. The smallest absolute Gasteiger partial charge is 0.416 e. The van der Waals surface area contributed by atoms with Crippen LogP contribution in [-0.2, 0) is 11.0 Å². The molecule has 1 aliphatic heterocycles. The molecule has 2 unspecified atom stereocenters. The van der Waals surface area contributed by atoms with Crippen LogP contribution in [0, 0.1) is 11.8 Å². The lowest BCUT2D eigenvalue weighted by Gasteiger charge is -2.36. The third-order valence-electron chi connectivity index (χ3n) is 4.38. The second-order valence-electron chi connectivity index (χ2n) is 6.35. The number of piperidine rings is 1. The van der Waals surface area contributed by atoms with Crippen LogP contribution in [-0.4, -0.2) is 29.1 Å². The van der Waals surface area contributed by atoms with Crippen molar-refractivity contribution in [2.45, 2.75) is 19.5 Å². The van der Waals surface area contributed by atoms with Gasteiger partial charge in [0.15, 0.2) is 0 Å². The molecule has 24 heavy (non-hydrogen) atoms. The number of carboxylic acids is 1. The third kappa shape index (κ3) is 3.16. The number of aliphatic carboxylic acids is 1. The van der Waals surface area contributed by atoms with Crippen molar-refractivity contribution in [3.63, 3.8) is 0 Å². The van der Waals surface area contributed by atoms with Crippen molar-refractivity contribution >= 4 is 22.6 Å². The first-order valence-electron chi connectivity index (χ1n) is 7.69. The minimum absolute atomic E-state index is 0.173. The summed E-state index contributed by atoms with van der Waals surface area (Å²) in [6, 6.07) is 5.09. The SMILES string of the molecule is CC1CC(C(=O)O)CN(c2nccc3cc(C(F)(F)F)ccc23)C1. The van der Waals surface area contributed by atoms with Crippen molar-refractivity contribution in [1.29, 1.82) is 0 Å². The fourth-order valence-electron chi connectivity index (χ4n) is 3.29. The van der Waals surface area contributed by atoms with Gasteiger partial charge in [0.1, 0.15) is 5.82 Å². The highest BCUT2D eigenvalue weighted by Gasteiger charge is 2.32. The predicted octanol–water partition coefficient (Wildman–Crippen LogP) is 3.80. The molecule has 0 aliphatic carbocycles. The van der Waals surface area contributed by atoms with Crippen LogP contribution in [0.3, 0.4) is 0 Å². The molecule has 0 spiro atoms. The summed E-state index contributed by atoms with van der Waals surface area (Å²) in [5.74, 6) is -0.642. The maximum atomic E-state index is 12.9. The van der Waals surface area contributed by atoms with Gasteiger partial charge in [-0.1, -0.05) is 13.0 Å². The maximum Gasteiger partial charge on any atom is 0.416 e. The molecule has 1 aromatic carbocycles. The first kappa shape index (κ1) is 16.5. The van der Waals surface area contributed by atoms with E-state index in [0.717, 1.165) is 12.1 Å². The van der Waals surface area contributed by atoms with Crippen LogP contribution in [0.25, 0.3) is 10.8 Å². The average molecular weight is 338 g/mol. The van der Waals surface area contributed by atoms with Crippen molar-refractivity contribution < 1.29 is 23.1 Å². The Hall–Kier alpha value is -2.31. The Kier molecular flexibility index (Phi) is 4.11. The molecule has 1 aliphatic rings. The van der Waals surface area contributed by atoms with E-state index < -0.39 is 23.6 Å². The average Bonchev–Trinajstić information content (AvgIpc) is 2.52. The van der Waals surface area contributed by atoms with Crippen molar-refractivity contribution in [3.05, 3.63) is 36.0 Å². The van der Waals surface area contributed by atoms with Gasteiger partial charge in [-0.25, -0.2) is 4.98 Å². The van der Waals surface area contributed by atoms with Crippen LogP contribution in [0.5, 0.6) is 0 Å². The van der Waals surface area contributed by atoms with E-state index in [1.54, 1.807) is 0 Å². The molecule has 1 fully saturated rings. The Labute approximate surface area is 136 Å². The Morgan fingerprint density at radius 3 is 2.71 bits per heavy atom. The number of carbonyl (C=O) groups is 1. The van der Waals surface area contributed by atoms with Gasteiger partial charge in [0, 0.05) is 24.7 Å². The number of pyridine rings is 1. The molecule has 3 rings (SSSR count). The highest BCUT2D eigenvalue weighted by Crippen LogP contribution is 2.35. The van der Waals surface area contributed by atoms with Gasteiger partial charge in [0.25, 0.3) is 0 Å². The molecule has 0 radical (unpaired) electrons. The summed E-state index contributed by atoms with van der Waals surface area (Å²) < 4.78 is 38.6. The quantitative estimate of drug-likeness (QED) is 0.905. The molecular weight excluding hydrogens is 321 g/mol. The first-order chi connectivity index (χ1) is 11.3. The third-order valence-corrected chi connectivity index (χ3v) is 4.38. The number of anilines is 1.